The summed E-state index contributed by atoms with van der Waals surface area (Å²) >= 11 is 0. The van der Waals surface area contributed by atoms with Gasteiger partial charge in [0.15, 0.2) is 0 Å². The highest BCUT2D eigenvalue weighted by atomic mass is 16.5. The predicted octanol–water partition coefficient (Wildman–Crippen LogP) is 3.50. The van der Waals surface area contributed by atoms with Crippen molar-refractivity contribution in [3.8, 4) is 28.6 Å². The number of carbonyl (C=O) groups is 4. The van der Waals surface area contributed by atoms with Crippen molar-refractivity contribution in [2.45, 2.75) is 33.8 Å². The number of carbonyl (C=O) groups excluding carboxylic acids is 3. The topological polar surface area (TPSA) is 189 Å². The first-order valence-corrected chi connectivity index (χ1v) is 13.5. The maximum absolute atomic E-state index is 11.1. The molecule has 0 saturated carbocycles. The van der Waals surface area contributed by atoms with Crippen LogP contribution in [-0.2, 0) is 4.79 Å². The molecule has 1 aromatic heterocycles. The van der Waals surface area contributed by atoms with Crippen LogP contribution < -0.4 is 10.1 Å². The average molecular weight is 604 g/mol. The first kappa shape index (κ1) is 33.3. The molecule has 1 atom stereocenters. The highest BCUT2D eigenvalue weighted by Gasteiger charge is 2.16. The third kappa shape index (κ3) is 8.66. The van der Waals surface area contributed by atoms with E-state index in [4.69, 9.17) is 19.5 Å². The molecule has 0 aliphatic rings. The zero-order chi connectivity index (χ0) is 32.4. The molecule has 44 heavy (non-hydrogen) atoms. The minimum absolute atomic E-state index is 0.0186. The number of rotatable bonds is 11. The lowest BCUT2D eigenvalue weighted by Gasteiger charge is -2.16. The number of amides is 1. The summed E-state index contributed by atoms with van der Waals surface area (Å²) in [6, 6.07) is 13.4. The predicted molar refractivity (Wildman–Crippen MR) is 160 cm³/mol. The Morgan fingerprint density at radius 3 is 2.05 bits per heavy atom. The molecule has 1 amide bonds. The molecular formula is C32H33N3O9. The largest absolute Gasteiger partial charge is 0.490 e. The summed E-state index contributed by atoms with van der Waals surface area (Å²) in [5, 5.41) is 33.7. The minimum Gasteiger partial charge on any atom is -0.490 e. The van der Waals surface area contributed by atoms with Gasteiger partial charge in [-0.25, -0.2) is 4.79 Å². The van der Waals surface area contributed by atoms with Crippen LogP contribution in [0.1, 0.15) is 53.3 Å². The number of carboxylic acids is 1. The Morgan fingerprint density at radius 1 is 0.909 bits per heavy atom. The van der Waals surface area contributed by atoms with Crippen molar-refractivity contribution in [1.29, 1.82) is 0 Å². The van der Waals surface area contributed by atoms with Crippen LogP contribution in [0.4, 0.5) is 0 Å². The van der Waals surface area contributed by atoms with E-state index in [1.54, 1.807) is 19.1 Å². The van der Waals surface area contributed by atoms with Crippen LogP contribution in [0.15, 0.2) is 53.1 Å². The number of carboxylic acid groups (broad SMARTS) is 1. The van der Waals surface area contributed by atoms with Crippen LogP contribution in [0.3, 0.4) is 0 Å². The number of hydrogen-bond donors (Lipinski definition) is 4. The number of aldehydes is 2. The lowest BCUT2D eigenvalue weighted by Crippen LogP contribution is -2.36. The van der Waals surface area contributed by atoms with Gasteiger partial charge in [-0.2, -0.15) is 4.98 Å². The fraction of sp³-hybridized carbons (Fsp3) is 0.250. The second-order valence-electron chi connectivity index (χ2n) is 9.97. The summed E-state index contributed by atoms with van der Waals surface area (Å²) in [7, 11) is 0. The molecule has 0 spiro atoms. The number of benzene rings is 3. The Hall–Kier alpha value is -5.20. The molecule has 3 aromatic carbocycles. The Morgan fingerprint density at radius 2 is 1.50 bits per heavy atom. The maximum atomic E-state index is 11.1. The molecule has 1 heterocycles. The van der Waals surface area contributed by atoms with Crippen LogP contribution in [0.5, 0.6) is 5.75 Å². The van der Waals surface area contributed by atoms with Crippen molar-refractivity contribution in [3.63, 3.8) is 0 Å². The van der Waals surface area contributed by atoms with Gasteiger partial charge in [-0.3, -0.25) is 14.4 Å². The van der Waals surface area contributed by atoms with Crippen LogP contribution in [0.25, 0.3) is 22.8 Å². The molecule has 1 unspecified atom stereocenters. The third-order valence-corrected chi connectivity index (χ3v) is 6.53. The van der Waals surface area contributed by atoms with E-state index in [0.29, 0.717) is 40.4 Å². The van der Waals surface area contributed by atoms with Gasteiger partial charge in [0.05, 0.1) is 5.56 Å². The number of aromatic carboxylic acids is 1. The second-order valence-corrected chi connectivity index (χ2v) is 9.97. The molecule has 0 bridgehead atoms. The van der Waals surface area contributed by atoms with Crippen LogP contribution in [0.2, 0.25) is 0 Å². The van der Waals surface area contributed by atoms with E-state index in [-0.39, 0.29) is 18.7 Å². The average Bonchev–Trinajstić information content (AvgIpc) is 3.50. The quantitative estimate of drug-likeness (QED) is 0.184. The summed E-state index contributed by atoms with van der Waals surface area (Å²) in [5.41, 5.74) is 5.97. The standard InChI is InChI=1S/C23H25N3O6.C9H8O3/c1-13-6-16(4-5-17(13)10-27)23-25-22(26-32-23)18-7-14(2)21(15(3)8-18)31-12-19(29)9-24-20(30)11-28;1-6-4-7(9(11)12)2-3-8(6)5-10/h4-8,10,19,28-29H,9,11-12H2,1-3H3,(H,24,30);2-5H,1H3,(H,11,12). The number of aliphatic hydroxyl groups excluding tert-OH is 2. The Labute approximate surface area is 253 Å². The molecule has 0 fully saturated rings. The van der Waals surface area contributed by atoms with E-state index >= 15 is 0 Å². The molecule has 12 heteroatoms. The van der Waals surface area contributed by atoms with Crippen molar-refractivity contribution >= 4 is 24.4 Å². The molecule has 4 aromatic rings. The number of nitrogens with zero attached hydrogens (tertiary/aromatic N) is 2. The summed E-state index contributed by atoms with van der Waals surface area (Å²) in [6.07, 6.45) is 0.594. The molecule has 230 valence electrons. The maximum Gasteiger partial charge on any atom is 0.335 e. The monoisotopic (exact) mass is 603 g/mol. The molecule has 12 nitrogen and oxygen atoms in total. The number of nitrogens with one attached hydrogen (secondary N) is 1. The van der Waals surface area contributed by atoms with Crippen molar-refractivity contribution in [1.82, 2.24) is 15.5 Å². The molecule has 0 radical (unpaired) electrons. The van der Waals surface area contributed by atoms with Crippen LogP contribution >= 0.6 is 0 Å². The second kappa shape index (κ2) is 15.3. The molecule has 0 aliphatic carbocycles. The summed E-state index contributed by atoms with van der Waals surface area (Å²) in [5.74, 6) is -0.151. The van der Waals surface area contributed by atoms with Gasteiger partial charge in [-0.1, -0.05) is 17.3 Å². The zero-order valence-electron chi connectivity index (χ0n) is 24.7. The van der Waals surface area contributed by atoms with Crippen molar-refractivity contribution in [3.05, 3.63) is 87.5 Å². The highest BCUT2D eigenvalue weighted by molar-refractivity contribution is 5.89. The minimum atomic E-state index is -0.976. The Balaban J connectivity index is 0.000000369. The smallest absolute Gasteiger partial charge is 0.335 e. The third-order valence-electron chi connectivity index (χ3n) is 6.53. The molecule has 4 N–H and O–H groups in total. The zero-order valence-corrected chi connectivity index (χ0v) is 24.7. The van der Waals surface area contributed by atoms with Gasteiger partial charge in [0, 0.05) is 28.8 Å². The summed E-state index contributed by atoms with van der Waals surface area (Å²) in [6.45, 7) is 6.62. The van der Waals surface area contributed by atoms with E-state index in [9.17, 15) is 24.3 Å². The van der Waals surface area contributed by atoms with Crippen molar-refractivity contribution in [2.24, 2.45) is 0 Å². The van der Waals surface area contributed by atoms with Gasteiger partial charge in [0.2, 0.25) is 11.7 Å². The fourth-order valence-corrected chi connectivity index (χ4v) is 4.17. The molecule has 0 saturated heterocycles. The first-order chi connectivity index (χ1) is 21.0. The summed E-state index contributed by atoms with van der Waals surface area (Å²) in [4.78, 5) is 47.4. The van der Waals surface area contributed by atoms with Gasteiger partial charge >= 0.3 is 5.97 Å². The van der Waals surface area contributed by atoms with Crippen LogP contribution in [-0.4, -0.2) is 75.8 Å². The van der Waals surface area contributed by atoms with Gasteiger partial charge < -0.3 is 29.9 Å². The van der Waals surface area contributed by atoms with Gasteiger partial charge in [-0.15, -0.1) is 0 Å². The van der Waals surface area contributed by atoms with E-state index < -0.39 is 24.6 Å². The van der Waals surface area contributed by atoms with Crippen LogP contribution in [0, 0.1) is 27.7 Å². The summed E-state index contributed by atoms with van der Waals surface area (Å²) < 4.78 is 11.2. The van der Waals surface area contributed by atoms with Crippen molar-refractivity contribution in [2.75, 3.05) is 19.8 Å². The van der Waals surface area contributed by atoms with Crippen molar-refractivity contribution < 1.29 is 43.8 Å². The highest BCUT2D eigenvalue weighted by Crippen LogP contribution is 2.30. The van der Waals surface area contributed by atoms with E-state index in [2.05, 4.69) is 15.5 Å². The van der Waals surface area contributed by atoms with E-state index in [1.807, 2.05) is 39.0 Å². The Kier molecular flexibility index (Phi) is 11.6. The number of aromatic nitrogens is 2. The number of ether oxygens (including phenoxy) is 1. The molecule has 0 aliphatic heterocycles. The number of aryl methyl sites for hydroxylation is 4. The van der Waals surface area contributed by atoms with E-state index in [0.717, 1.165) is 34.1 Å². The number of aliphatic hydroxyl groups is 2. The SMILES string of the molecule is Cc1cc(-c2nc(-c3cc(C)c(OCC(O)CNC(=O)CO)c(C)c3)no2)ccc1C=O.Cc1cc(C(=O)O)ccc1C=O. The Bertz CT molecular complexity index is 1640. The first-order valence-electron chi connectivity index (χ1n) is 13.5. The normalized spacial score (nSPS) is 11.1. The molecule has 4 rings (SSSR count). The fourth-order valence-electron chi connectivity index (χ4n) is 4.17. The van der Waals surface area contributed by atoms with Gasteiger partial charge in [0.25, 0.3) is 5.89 Å². The van der Waals surface area contributed by atoms with Gasteiger partial charge in [-0.05, 0) is 86.3 Å². The lowest BCUT2D eigenvalue weighted by atomic mass is 10.0. The van der Waals surface area contributed by atoms with E-state index in [1.165, 1.54) is 18.2 Å². The van der Waals surface area contributed by atoms with Gasteiger partial charge in [0.1, 0.15) is 37.6 Å². The number of hydrogen-bond acceptors (Lipinski definition) is 10. The lowest BCUT2D eigenvalue weighted by molar-refractivity contribution is -0.124. The molecular weight excluding hydrogens is 570 g/mol.